The van der Waals surface area contributed by atoms with E-state index in [1.165, 1.54) is 12.1 Å². The summed E-state index contributed by atoms with van der Waals surface area (Å²) in [4.78, 5) is 19.7. The van der Waals surface area contributed by atoms with E-state index in [0.717, 1.165) is 16.8 Å². The smallest absolute Gasteiger partial charge is 0.222 e. The molecule has 0 spiro atoms. The second kappa shape index (κ2) is 9.41. The van der Waals surface area contributed by atoms with E-state index in [1.54, 1.807) is 31.3 Å². The standard InChI is InChI=1S/C22H25FN2O4/c1-4-22(26)25(13-15-5-8-17(23)9-6-15)14-18-12-19(24-29-18)16-7-10-20(27-2)21(11-16)28-3/h5-11,18H,4,12-14H2,1-3H3. The van der Waals surface area contributed by atoms with Crippen molar-refractivity contribution in [3.05, 3.63) is 59.4 Å². The van der Waals surface area contributed by atoms with Crippen LogP contribution < -0.4 is 9.47 Å². The highest BCUT2D eigenvalue weighted by Crippen LogP contribution is 2.29. The zero-order valence-corrected chi connectivity index (χ0v) is 16.9. The van der Waals surface area contributed by atoms with Crippen molar-refractivity contribution in [2.45, 2.75) is 32.4 Å². The average molecular weight is 400 g/mol. The minimum absolute atomic E-state index is 0.0116. The fourth-order valence-electron chi connectivity index (χ4n) is 3.25. The van der Waals surface area contributed by atoms with Crippen LogP contribution in [-0.2, 0) is 16.2 Å². The Morgan fingerprint density at radius 1 is 1.17 bits per heavy atom. The molecule has 1 aliphatic rings. The molecule has 0 aliphatic carbocycles. The van der Waals surface area contributed by atoms with Gasteiger partial charge in [0, 0.05) is 24.9 Å². The molecule has 0 radical (unpaired) electrons. The maximum Gasteiger partial charge on any atom is 0.222 e. The van der Waals surface area contributed by atoms with Gasteiger partial charge in [0.25, 0.3) is 0 Å². The third-order valence-corrected chi connectivity index (χ3v) is 4.82. The molecule has 1 aliphatic heterocycles. The molecule has 154 valence electrons. The fraction of sp³-hybridized carbons (Fsp3) is 0.364. The number of carbonyl (C=O) groups is 1. The van der Waals surface area contributed by atoms with Crippen LogP contribution in [0.15, 0.2) is 47.6 Å². The van der Waals surface area contributed by atoms with Crippen molar-refractivity contribution in [2.24, 2.45) is 5.16 Å². The van der Waals surface area contributed by atoms with E-state index < -0.39 is 0 Å². The number of hydrogen-bond acceptors (Lipinski definition) is 5. The largest absolute Gasteiger partial charge is 0.493 e. The molecule has 0 saturated carbocycles. The summed E-state index contributed by atoms with van der Waals surface area (Å²) in [5.74, 6) is 0.980. The Morgan fingerprint density at radius 3 is 2.55 bits per heavy atom. The first-order valence-electron chi connectivity index (χ1n) is 9.51. The van der Waals surface area contributed by atoms with Gasteiger partial charge in [-0.25, -0.2) is 4.39 Å². The van der Waals surface area contributed by atoms with Gasteiger partial charge in [-0.2, -0.15) is 0 Å². The van der Waals surface area contributed by atoms with E-state index in [0.29, 0.717) is 37.4 Å². The molecule has 1 amide bonds. The zero-order valence-electron chi connectivity index (χ0n) is 16.9. The maximum absolute atomic E-state index is 13.1. The monoisotopic (exact) mass is 400 g/mol. The number of methoxy groups -OCH3 is 2. The van der Waals surface area contributed by atoms with E-state index >= 15 is 0 Å². The van der Waals surface area contributed by atoms with Crippen molar-refractivity contribution in [1.29, 1.82) is 0 Å². The Hall–Kier alpha value is -3.09. The fourth-order valence-corrected chi connectivity index (χ4v) is 3.25. The second-order valence-electron chi connectivity index (χ2n) is 6.79. The highest BCUT2D eigenvalue weighted by Gasteiger charge is 2.27. The first kappa shape index (κ1) is 20.6. The molecule has 0 bridgehead atoms. The molecule has 1 heterocycles. The van der Waals surface area contributed by atoms with Crippen molar-refractivity contribution >= 4 is 11.6 Å². The summed E-state index contributed by atoms with van der Waals surface area (Å²) in [5, 5.41) is 4.21. The van der Waals surface area contributed by atoms with Gasteiger partial charge in [-0.15, -0.1) is 0 Å². The lowest BCUT2D eigenvalue weighted by atomic mass is 10.0. The molecule has 1 atom stereocenters. The summed E-state index contributed by atoms with van der Waals surface area (Å²) in [7, 11) is 3.17. The van der Waals surface area contributed by atoms with Crippen molar-refractivity contribution in [1.82, 2.24) is 4.90 Å². The molecular weight excluding hydrogens is 375 g/mol. The molecule has 3 rings (SSSR count). The number of amides is 1. The van der Waals surface area contributed by atoms with Crippen molar-refractivity contribution in [3.8, 4) is 11.5 Å². The van der Waals surface area contributed by atoms with Gasteiger partial charge in [-0.05, 0) is 35.9 Å². The summed E-state index contributed by atoms with van der Waals surface area (Å²) in [5.41, 5.74) is 2.55. The van der Waals surface area contributed by atoms with Crippen LogP contribution >= 0.6 is 0 Å². The third kappa shape index (κ3) is 5.04. The van der Waals surface area contributed by atoms with Crippen LogP contribution in [0.5, 0.6) is 11.5 Å². The number of carbonyl (C=O) groups excluding carboxylic acids is 1. The number of rotatable bonds is 8. The molecule has 0 aromatic heterocycles. The number of ether oxygens (including phenoxy) is 2. The van der Waals surface area contributed by atoms with Gasteiger partial charge in [-0.3, -0.25) is 4.79 Å². The van der Waals surface area contributed by atoms with Gasteiger partial charge in [0.2, 0.25) is 5.91 Å². The van der Waals surface area contributed by atoms with E-state index in [9.17, 15) is 9.18 Å². The van der Waals surface area contributed by atoms with Crippen LogP contribution in [0.25, 0.3) is 0 Å². The van der Waals surface area contributed by atoms with E-state index in [4.69, 9.17) is 14.3 Å². The Balaban J connectivity index is 1.67. The number of oxime groups is 1. The Labute approximate surface area is 169 Å². The van der Waals surface area contributed by atoms with Crippen molar-refractivity contribution in [2.75, 3.05) is 20.8 Å². The zero-order chi connectivity index (χ0) is 20.8. The number of nitrogens with zero attached hydrogens (tertiary/aromatic N) is 2. The molecule has 0 fully saturated rings. The predicted molar refractivity (Wildman–Crippen MR) is 108 cm³/mol. The van der Waals surface area contributed by atoms with Crippen LogP contribution in [0.1, 0.15) is 30.9 Å². The number of hydrogen-bond donors (Lipinski definition) is 0. The molecule has 1 unspecified atom stereocenters. The normalized spacial score (nSPS) is 15.4. The maximum atomic E-state index is 13.1. The van der Waals surface area contributed by atoms with Crippen molar-refractivity contribution in [3.63, 3.8) is 0 Å². The summed E-state index contributed by atoms with van der Waals surface area (Å²) in [6.45, 7) is 2.63. The van der Waals surface area contributed by atoms with Gasteiger partial charge in [0.1, 0.15) is 5.82 Å². The molecule has 0 N–H and O–H groups in total. The lowest BCUT2D eigenvalue weighted by Gasteiger charge is -2.24. The third-order valence-electron chi connectivity index (χ3n) is 4.82. The van der Waals surface area contributed by atoms with Crippen LogP contribution in [0.4, 0.5) is 4.39 Å². The number of benzene rings is 2. The average Bonchev–Trinajstić information content (AvgIpc) is 3.22. The molecule has 0 saturated heterocycles. The first-order valence-corrected chi connectivity index (χ1v) is 9.51. The van der Waals surface area contributed by atoms with E-state index in [2.05, 4.69) is 5.16 Å². The number of halogens is 1. The molecule has 7 heteroatoms. The lowest BCUT2D eigenvalue weighted by Crippen LogP contribution is -2.36. The summed E-state index contributed by atoms with van der Waals surface area (Å²) < 4.78 is 23.8. The van der Waals surface area contributed by atoms with Crippen molar-refractivity contribution < 1.29 is 23.5 Å². The quantitative estimate of drug-likeness (QED) is 0.677. The Kier molecular flexibility index (Phi) is 6.69. The summed E-state index contributed by atoms with van der Waals surface area (Å²) in [6, 6.07) is 11.8. The molecule has 2 aromatic rings. The minimum Gasteiger partial charge on any atom is -0.493 e. The highest BCUT2D eigenvalue weighted by atomic mass is 19.1. The van der Waals surface area contributed by atoms with Crippen LogP contribution in [0.2, 0.25) is 0 Å². The van der Waals surface area contributed by atoms with Gasteiger partial charge in [-0.1, -0.05) is 24.2 Å². The van der Waals surface area contributed by atoms with Gasteiger partial charge >= 0.3 is 0 Å². The van der Waals surface area contributed by atoms with Gasteiger partial charge in [0.05, 0.1) is 26.5 Å². The van der Waals surface area contributed by atoms with Gasteiger partial charge < -0.3 is 19.2 Å². The van der Waals surface area contributed by atoms with Crippen LogP contribution in [0, 0.1) is 5.82 Å². The molecular formula is C22H25FN2O4. The summed E-state index contributed by atoms with van der Waals surface area (Å²) in [6.07, 6.45) is 0.720. The van der Waals surface area contributed by atoms with E-state index in [-0.39, 0.29) is 17.8 Å². The van der Waals surface area contributed by atoms with Gasteiger partial charge in [0.15, 0.2) is 17.6 Å². The Bertz CT molecular complexity index is 883. The molecule has 2 aromatic carbocycles. The topological polar surface area (TPSA) is 60.4 Å². The second-order valence-corrected chi connectivity index (χ2v) is 6.79. The predicted octanol–water partition coefficient (Wildman–Crippen LogP) is 3.77. The van der Waals surface area contributed by atoms with Crippen LogP contribution in [-0.4, -0.2) is 43.4 Å². The highest BCUT2D eigenvalue weighted by molar-refractivity contribution is 6.01. The SMILES string of the molecule is CCC(=O)N(Cc1ccc(F)cc1)CC1CC(c2ccc(OC)c(OC)c2)=NO1. The summed E-state index contributed by atoms with van der Waals surface area (Å²) >= 11 is 0. The van der Waals surface area contributed by atoms with E-state index in [1.807, 2.05) is 25.1 Å². The van der Waals surface area contributed by atoms with Crippen LogP contribution in [0.3, 0.4) is 0 Å². The molecule has 29 heavy (non-hydrogen) atoms. The first-order chi connectivity index (χ1) is 14.0. The molecule has 6 nitrogen and oxygen atoms in total. The minimum atomic E-state index is -0.297. The lowest BCUT2D eigenvalue weighted by molar-refractivity contribution is -0.133. The Morgan fingerprint density at radius 2 is 1.90 bits per heavy atom.